The van der Waals surface area contributed by atoms with Crippen molar-refractivity contribution in [2.24, 2.45) is 0 Å². The summed E-state index contributed by atoms with van der Waals surface area (Å²) in [7, 11) is 0. The highest BCUT2D eigenvalue weighted by Gasteiger charge is 2.26. The summed E-state index contributed by atoms with van der Waals surface area (Å²) in [4.78, 5) is 27.2. The molecule has 148 valence electrons. The van der Waals surface area contributed by atoms with Crippen molar-refractivity contribution >= 4 is 5.91 Å². The first-order chi connectivity index (χ1) is 14.2. The zero-order valence-electron chi connectivity index (χ0n) is 16.4. The van der Waals surface area contributed by atoms with Gasteiger partial charge in [-0.25, -0.2) is 4.68 Å². The maximum absolute atomic E-state index is 13.1. The predicted octanol–water partition coefficient (Wildman–Crippen LogP) is 3.39. The van der Waals surface area contributed by atoms with Gasteiger partial charge in [0.15, 0.2) is 0 Å². The van der Waals surface area contributed by atoms with E-state index in [1.165, 1.54) is 16.3 Å². The monoisotopic (exact) mass is 387 g/mol. The van der Waals surface area contributed by atoms with E-state index < -0.39 is 0 Å². The highest BCUT2D eigenvalue weighted by atomic mass is 16.2. The third kappa shape index (κ3) is 5.19. The molecule has 5 nitrogen and oxygen atoms in total. The van der Waals surface area contributed by atoms with Crippen LogP contribution in [0.4, 0.5) is 0 Å². The quantitative estimate of drug-likeness (QED) is 0.595. The van der Waals surface area contributed by atoms with Gasteiger partial charge in [0.2, 0.25) is 5.91 Å². The number of aromatic nitrogens is 2. The number of hydrogen-bond donors (Lipinski definition) is 0. The number of benzene rings is 2. The molecule has 0 N–H and O–H groups in total. The summed E-state index contributed by atoms with van der Waals surface area (Å²) in [6, 6.07) is 23.4. The number of carbonyl (C=O) groups excluding carboxylic acids is 1. The Morgan fingerprint density at radius 3 is 2.24 bits per heavy atom. The van der Waals surface area contributed by atoms with E-state index in [9.17, 15) is 9.59 Å². The van der Waals surface area contributed by atoms with Gasteiger partial charge >= 0.3 is 0 Å². The molecule has 1 heterocycles. The molecule has 1 aliphatic rings. The number of rotatable bonds is 8. The summed E-state index contributed by atoms with van der Waals surface area (Å²) in [5.74, 6) is 0.350. The third-order valence-electron chi connectivity index (χ3n) is 5.25. The largest absolute Gasteiger partial charge is 0.336 e. The third-order valence-corrected chi connectivity index (χ3v) is 5.25. The molecule has 0 aliphatic heterocycles. The molecular weight excluding hydrogens is 362 g/mol. The lowest BCUT2D eigenvalue weighted by molar-refractivity contribution is -0.132. The fourth-order valence-corrected chi connectivity index (χ4v) is 3.41. The van der Waals surface area contributed by atoms with Crippen LogP contribution in [-0.4, -0.2) is 27.1 Å². The molecule has 1 aromatic heterocycles. The van der Waals surface area contributed by atoms with Crippen LogP contribution in [0.15, 0.2) is 77.6 Å². The van der Waals surface area contributed by atoms with Gasteiger partial charge in [0.1, 0.15) is 6.54 Å². The van der Waals surface area contributed by atoms with Crippen LogP contribution in [-0.2, 0) is 24.3 Å². The Morgan fingerprint density at radius 2 is 1.59 bits per heavy atom. The lowest BCUT2D eigenvalue weighted by Gasteiger charge is -2.23. The SMILES string of the molecule is O=C(Cn1nc(C2CC2)ccc1=O)N(CCc1ccccc1)Cc1ccccc1. The molecule has 0 saturated heterocycles. The van der Waals surface area contributed by atoms with E-state index in [0.29, 0.717) is 19.0 Å². The van der Waals surface area contributed by atoms with Crippen molar-refractivity contribution in [2.75, 3.05) is 6.54 Å². The molecule has 0 atom stereocenters. The van der Waals surface area contributed by atoms with Gasteiger partial charge in [-0.05, 0) is 36.5 Å². The van der Waals surface area contributed by atoms with Crippen molar-refractivity contribution in [3.63, 3.8) is 0 Å². The first-order valence-corrected chi connectivity index (χ1v) is 10.1. The van der Waals surface area contributed by atoms with E-state index in [-0.39, 0.29) is 18.0 Å². The molecule has 1 amide bonds. The van der Waals surface area contributed by atoms with Gasteiger partial charge in [0, 0.05) is 25.1 Å². The summed E-state index contributed by atoms with van der Waals surface area (Å²) in [6.45, 7) is 1.08. The van der Waals surface area contributed by atoms with Crippen molar-refractivity contribution in [2.45, 2.75) is 38.3 Å². The number of carbonyl (C=O) groups is 1. The van der Waals surface area contributed by atoms with Gasteiger partial charge in [-0.2, -0.15) is 5.10 Å². The van der Waals surface area contributed by atoms with Gasteiger partial charge < -0.3 is 4.90 Å². The molecule has 1 saturated carbocycles. The minimum absolute atomic E-state index is 0.0268. The second-order valence-electron chi connectivity index (χ2n) is 7.56. The van der Waals surface area contributed by atoms with Crippen LogP contribution in [0, 0.1) is 0 Å². The van der Waals surface area contributed by atoms with Crippen LogP contribution in [0.2, 0.25) is 0 Å². The Balaban J connectivity index is 1.50. The second-order valence-corrected chi connectivity index (χ2v) is 7.56. The zero-order valence-corrected chi connectivity index (χ0v) is 16.4. The van der Waals surface area contributed by atoms with Gasteiger partial charge in [0.25, 0.3) is 5.56 Å². The lowest BCUT2D eigenvalue weighted by Crippen LogP contribution is -2.38. The van der Waals surface area contributed by atoms with Gasteiger partial charge in [-0.3, -0.25) is 9.59 Å². The summed E-state index contributed by atoms with van der Waals surface area (Å²) < 4.78 is 1.32. The van der Waals surface area contributed by atoms with Gasteiger partial charge in [-0.15, -0.1) is 0 Å². The Morgan fingerprint density at radius 1 is 0.931 bits per heavy atom. The van der Waals surface area contributed by atoms with Gasteiger partial charge in [0.05, 0.1) is 5.69 Å². The zero-order chi connectivity index (χ0) is 20.1. The lowest BCUT2D eigenvalue weighted by atomic mass is 10.1. The number of nitrogens with zero attached hydrogens (tertiary/aromatic N) is 3. The molecular formula is C24H25N3O2. The molecule has 2 aromatic carbocycles. The Kier molecular flexibility index (Phi) is 5.84. The first-order valence-electron chi connectivity index (χ1n) is 10.1. The molecule has 29 heavy (non-hydrogen) atoms. The second kappa shape index (κ2) is 8.86. The van der Waals surface area contributed by atoms with E-state index in [2.05, 4.69) is 17.2 Å². The molecule has 5 heteroatoms. The van der Waals surface area contributed by atoms with Crippen LogP contribution in [0.1, 0.15) is 35.6 Å². The molecule has 0 unspecified atom stereocenters. The maximum Gasteiger partial charge on any atom is 0.267 e. The highest BCUT2D eigenvalue weighted by molar-refractivity contribution is 5.76. The summed E-state index contributed by atoms with van der Waals surface area (Å²) in [5.41, 5.74) is 2.94. The predicted molar refractivity (Wildman–Crippen MR) is 112 cm³/mol. The average Bonchev–Trinajstić information content (AvgIpc) is 3.59. The molecule has 4 rings (SSSR count). The van der Waals surface area contributed by atoms with Crippen LogP contribution >= 0.6 is 0 Å². The van der Waals surface area contributed by atoms with E-state index in [1.807, 2.05) is 53.4 Å². The molecule has 3 aromatic rings. The van der Waals surface area contributed by atoms with Gasteiger partial charge in [-0.1, -0.05) is 60.7 Å². The normalized spacial score (nSPS) is 13.2. The van der Waals surface area contributed by atoms with Crippen molar-refractivity contribution in [3.8, 4) is 0 Å². The van der Waals surface area contributed by atoms with Crippen molar-refractivity contribution < 1.29 is 4.79 Å². The molecule has 0 spiro atoms. The summed E-state index contributed by atoms with van der Waals surface area (Å²) >= 11 is 0. The first kappa shape index (κ1) is 19.1. The minimum Gasteiger partial charge on any atom is -0.336 e. The molecule has 0 radical (unpaired) electrons. The fourth-order valence-electron chi connectivity index (χ4n) is 3.41. The Bertz CT molecular complexity index is 1010. The number of hydrogen-bond acceptors (Lipinski definition) is 3. The average molecular weight is 387 g/mol. The Hall–Kier alpha value is -3.21. The fraction of sp³-hybridized carbons (Fsp3) is 0.292. The van der Waals surface area contributed by atoms with E-state index in [0.717, 1.165) is 30.5 Å². The van der Waals surface area contributed by atoms with Crippen LogP contribution in [0.3, 0.4) is 0 Å². The molecule has 0 bridgehead atoms. The van der Waals surface area contributed by atoms with E-state index >= 15 is 0 Å². The van der Waals surface area contributed by atoms with E-state index in [4.69, 9.17) is 0 Å². The standard InChI is InChI=1S/C24H25N3O2/c28-23-14-13-22(21-11-12-21)25-27(23)18-24(29)26(17-20-9-5-2-6-10-20)16-15-19-7-3-1-4-8-19/h1-10,13-14,21H,11-12,15-18H2. The van der Waals surface area contributed by atoms with Crippen molar-refractivity contribution in [3.05, 3.63) is 100.0 Å². The van der Waals surface area contributed by atoms with Crippen LogP contribution in [0.25, 0.3) is 0 Å². The van der Waals surface area contributed by atoms with E-state index in [1.54, 1.807) is 6.07 Å². The maximum atomic E-state index is 13.1. The minimum atomic E-state index is -0.231. The van der Waals surface area contributed by atoms with Crippen LogP contribution in [0.5, 0.6) is 0 Å². The highest BCUT2D eigenvalue weighted by Crippen LogP contribution is 2.38. The molecule has 1 fully saturated rings. The molecule has 1 aliphatic carbocycles. The smallest absolute Gasteiger partial charge is 0.267 e. The summed E-state index contributed by atoms with van der Waals surface area (Å²) in [5, 5.41) is 4.44. The van der Waals surface area contributed by atoms with Crippen molar-refractivity contribution in [1.29, 1.82) is 0 Å². The Labute approximate surface area is 170 Å². The summed E-state index contributed by atoms with van der Waals surface area (Å²) in [6.07, 6.45) is 2.98. The number of amides is 1. The topological polar surface area (TPSA) is 55.2 Å². The van der Waals surface area contributed by atoms with Crippen molar-refractivity contribution in [1.82, 2.24) is 14.7 Å². The van der Waals surface area contributed by atoms with Crippen LogP contribution < -0.4 is 5.56 Å².